The fourth-order valence-electron chi connectivity index (χ4n) is 2.56. The first-order chi connectivity index (χ1) is 13.1. The first-order valence-electron chi connectivity index (χ1n) is 8.37. The molecule has 1 N–H and O–H groups in total. The largest absolute Gasteiger partial charge is 0.457 e. The van der Waals surface area contributed by atoms with Gasteiger partial charge >= 0.3 is 0 Å². The van der Waals surface area contributed by atoms with Crippen molar-refractivity contribution in [2.75, 3.05) is 0 Å². The molecule has 5 heteroatoms. The van der Waals surface area contributed by atoms with Gasteiger partial charge in [-0.05, 0) is 42.3 Å². The molecule has 2 aromatic carbocycles. The van der Waals surface area contributed by atoms with Crippen LogP contribution in [0.5, 0.6) is 0 Å². The average molecular weight is 421 g/mol. The summed E-state index contributed by atoms with van der Waals surface area (Å²) in [6, 6.07) is 21.0. The summed E-state index contributed by atoms with van der Waals surface area (Å²) in [5.74, 6) is 0.676. The SMILES string of the molecule is Cc1ccc(-c2ccc(/C=C(/C#N)C(=O)NCc3ccccc3)o2)c(Br)c1. The molecule has 134 valence electrons. The molecule has 0 aliphatic carbocycles. The molecule has 0 spiro atoms. The molecule has 27 heavy (non-hydrogen) atoms. The van der Waals surface area contributed by atoms with E-state index >= 15 is 0 Å². The minimum atomic E-state index is -0.434. The third-order valence-electron chi connectivity index (χ3n) is 3.96. The zero-order valence-corrected chi connectivity index (χ0v) is 16.3. The van der Waals surface area contributed by atoms with Crippen LogP contribution in [-0.4, -0.2) is 5.91 Å². The predicted molar refractivity (Wildman–Crippen MR) is 108 cm³/mol. The zero-order valence-electron chi connectivity index (χ0n) is 14.7. The Balaban J connectivity index is 1.75. The molecule has 4 nitrogen and oxygen atoms in total. The van der Waals surface area contributed by atoms with Gasteiger partial charge in [0, 0.05) is 22.7 Å². The van der Waals surface area contributed by atoms with Crippen LogP contribution in [0.1, 0.15) is 16.9 Å². The van der Waals surface area contributed by atoms with Gasteiger partial charge in [0.2, 0.25) is 0 Å². The van der Waals surface area contributed by atoms with E-state index in [-0.39, 0.29) is 5.57 Å². The van der Waals surface area contributed by atoms with Crippen molar-refractivity contribution < 1.29 is 9.21 Å². The second-order valence-corrected chi connectivity index (χ2v) is 6.88. The number of nitrogens with zero attached hydrogens (tertiary/aromatic N) is 1. The third kappa shape index (κ3) is 4.75. The summed E-state index contributed by atoms with van der Waals surface area (Å²) in [5.41, 5.74) is 3.01. The Morgan fingerprint density at radius 1 is 1.19 bits per heavy atom. The minimum Gasteiger partial charge on any atom is -0.457 e. The number of carbonyl (C=O) groups is 1. The number of amides is 1. The number of furan rings is 1. The van der Waals surface area contributed by atoms with Crippen molar-refractivity contribution in [3.8, 4) is 17.4 Å². The predicted octanol–water partition coefficient (Wildman–Crippen LogP) is 5.24. The van der Waals surface area contributed by atoms with E-state index < -0.39 is 5.91 Å². The van der Waals surface area contributed by atoms with E-state index in [0.717, 1.165) is 21.2 Å². The first kappa shape index (κ1) is 18.7. The van der Waals surface area contributed by atoms with Crippen molar-refractivity contribution in [3.05, 3.63) is 87.6 Å². The van der Waals surface area contributed by atoms with E-state index in [1.165, 1.54) is 6.08 Å². The third-order valence-corrected chi connectivity index (χ3v) is 4.62. The molecule has 0 saturated carbocycles. The maximum Gasteiger partial charge on any atom is 0.262 e. The molecule has 3 aromatic rings. The second kappa shape index (κ2) is 8.52. The van der Waals surface area contributed by atoms with Crippen molar-refractivity contribution >= 4 is 27.9 Å². The number of nitriles is 1. The Kier molecular flexibility index (Phi) is 5.90. The van der Waals surface area contributed by atoms with Crippen LogP contribution in [0.15, 0.2) is 75.1 Å². The van der Waals surface area contributed by atoms with Crippen LogP contribution in [-0.2, 0) is 11.3 Å². The van der Waals surface area contributed by atoms with Crippen LogP contribution in [0, 0.1) is 18.3 Å². The van der Waals surface area contributed by atoms with Gasteiger partial charge in [-0.3, -0.25) is 4.79 Å². The highest BCUT2D eigenvalue weighted by molar-refractivity contribution is 9.10. The lowest BCUT2D eigenvalue weighted by Gasteiger charge is -2.04. The molecule has 0 radical (unpaired) electrons. The van der Waals surface area contributed by atoms with E-state index in [1.54, 1.807) is 6.07 Å². The topological polar surface area (TPSA) is 66.0 Å². The molecule has 0 saturated heterocycles. The highest BCUT2D eigenvalue weighted by Gasteiger charge is 2.12. The van der Waals surface area contributed by atoms with Crippen LogP contribution in [0.25, 0.3) is 17.4 Å². The molecule has 0 fully saturated rings. The number of nitrogens with one attached hydrogen (secondary N) is 1. The summed E-state index contributed by atoms with van der Waals surface area (Å²) in [6.07, 6.45) is 1.45. The van der Waals surface area contributed by atoms with Gasteiger partial charge < -0.3 is 9.73 Å². The highest BCUT2D eigenvalue weighted by Crippen LogP contribution is 2.31. The Morgan fingerprint density at radius 3 is 2.67 bits per heavy atom. The smallest absolute Gasteiger partial charge is 0.262 e. The normalized spacial score (nSPS) is 11.1. The lowest BCUT2D eigenvalue weighted by atomic mass is 10.1. The number of carbonyl (C=O) groups excluding carboxylic acids is 1. The number of aryl methyl sites for hydroxylation is 1. The maximum absolute atomic E-state index is 12.3. The van der Waals surface area contributed by atoms with Gasteiger partial charge in [-0.15, -0.1) is 0 Å². The maximum atomic E-state index is 12.3. The summed E-state index contributed by atoms with van der Waals surface area (Å²) in [6.45, 7) is 2.37. The summed E-state index contributed by atoms with van der Waals surface area (Å²) < 4.78 is 6.72. The first-order valence-corrected chi connectivity index (χ1v) is 9.16. The second-order valence-electron chi connectivity index (χ2n) is 6.02. The van der Waals surface area contributed by atoms with Crippen LogP contribution >= 0.6 is 15.9 Å². The van der Waals surface area contributed by atoms with Crippen molar-refractivity contribution in [2.24, 2.45) is 0 Å². The molecular weight excluding hydrogens is 404 g/mol. The number of halogens is 1. The monoisotopic (exact) mass is 420 g/mol. The van der Waals surface area contributed by atoms with Gasteiger partial charge in [0.05, 0.1) is 0 Å². The molecule has 0 unspecified atom stereocenters. The number of benzene rings is 2. The fourth-order valence-corrected chi connectivity index (χ4v) is 3.25. The molecule has 0 atom stereocenters. The summed E-state index contributed by atoms with van der Waals surface area (Å²) in [4.78, 5) is 12.3. The average Bonchev–Trinajstić information content (AvgIpc) is 3.13. The van der Waals surface area contributed by atoms with Gasteiger partial charge in [0.1, 0.15) is 23.2 Å². The molecule has 1 amide bonds. The lowest BCUT2D eigenvalue weighted by Crippen LogP contribution is -2.23. The van der Waals surface area contributed by atoms with Gasteiger partial charge in [0.15, 0.2) is 0 Å². The Labute approximate surface area is 166 Å². The Morgan fingerprint density at radius 2 is 1.96 bits per heavy atom. The van der Waals surface area contributed by atoms with Crippen LogP contribution < -0.4 is 5.32 Å². The molecule has 3 rings (SSSR count). The van der Waals surface area contributed by atoms with Crippen LogP contribution in [0.2, 0.25) is 0 Å². The number of hydrogen-bond donors (Lipinski definition) is 1. The Hall–Kier alpha value is -3.10. The summed E-state index contributed by atoms with van der Waals surface area (Å²) in [7, 11) is 0. The minimum absolute atomic E-state index is 0.00481. The molecule has 0 aliphatic rings. The summed E-state index contributed by atoms with van der Waals surface area (Å²) >= 11 is 3.53. The van der Waals surface area contributed by atoms with Gasteiger partial charge in [0.25, 0.3) is 5.91 Å². The van der Waals surface area contributed by atoms with Gasteiger partial charge in [-0.25, -0.2) is 0 Å². The lowest BCUT2D eigenvalue weighted by molar-refractivity contribution is -0.117. The van der Waals surface area contributed by atoms with Crippen molar-refractivity contribution in [1.82, 2.24) is 5.32 Å². The van der Waals surface area contributed by atoms with Crippen LogP contribution in [0.4, 0.5) is 0 Å². The standard InChI is InChI=1S/C22H17BrN2O2/c1-15-7-9-19(20(23)11-15)21-10-8-18(27-21)12-17(13-24)22(26)25-14-16-5-3-2-4-6-16/h2-12H,14H2,1H3,(H,25,26)/b17-12-. The Bertz CT molecular complexity index is 1030. The van der Waals surface area contributed by atoms with Crippen molar-refractivity contribution in [1.29, 1.82) is 5.26 Å². The number of rotatable bonds is 5. The summed E-state index contributed by atoms with van der Waals surface area (Å²) in [5, 5.41) is 12.1. The van der Waals surface area contributed by atoms with Crippen molar-refractivity contribution in [2.45, 2.75) is 13.5 Å². The van der Waals surface area contributed by atoms with E-state index in [0.29, 0.717) is 18.1 Å². The van der Waals surface area contributed by atoms with Crippen LogP contribution in [0.3, 0.4) is 0 Å². The van der Waals surface area contributed by atoms with E-state index in [2.05, 4.69) is 21.2 Å². The molecular formula is C22H17BrN2O2. The quantitative estimate of drug-likeness (QED) is 0.453. The van der Waals surface area contributed by atoms with E-state index in [4.69, 9.17) is 4.42 Å². The van der Waals surface area contributed by atoms with Gasteiger partial charge in [-0.1, -0.05) is 52.3 Å². The van der Waals surface area contributed by atoms with Crippen molar-refractivity contribution in [3.63, 3.8) is 0 Å². The molecule has 1 aromatic heterocycles. The van der Waals surface area contributed by atoms with Gasteiger partial charge in [-0.2, -0.15) is 5.26 Å². The molecule has 0 bridgehead atoms. The zero-order chi connectivity index (χ0) is 19.2. The van der Waals surface area contributed by atoms with E-state index in [1.807, 2.05) is 67.6 Å². The van der Waals surface area contributed by atoms with E-state index in [9.17, 15) is 10.1 Å². The molecule has 0 aliphatic heterocycles. The molecule has 1 heterocycles. The number of hydrogen-bond acceptors (Lipinski definition) is 3. The fraction of sp³-hybridized carbons (Fsp3) is 0.0909. The highest BCUT2D eigenvalue weighted by atomic mass is 79.9.